The van der Waals surface area contributed by atoms with Gasteiger partial charge in [0.15, 0.2) is 0 Å². The summed E-state index contributed by atoms with van der Waals surface area (Å²) in [5.74, 6) is -0.206. The van der Waals surface area contributed by atoms with Crippen molar-refractivity contribution in [1.82, 2.24) is 4.90 Å². The molecule has 0 radical (unpaired) electrons. The van der Waals surface area contributed by atoms with Gasteiger partial charge < -0.3 is 14.6 Å². The topological polar surface area (TPSA) is 59.0 Å². The summed E-state index contributed by atoms with van der Waals surface area (Å²) < 4.78 is 24.1. The van der Waals surface area contributed by atoms with Gasteiger partial charge in [-0.3, -0.25) is 9.69 Å². The minimum absolute atomic E-state index is 0. The molecule has 3 rings (SSSR count). The number of ether oxygens (including phenoxy) is 2. The van der Waals surface area contributed by atoms with Gasteiger partial charge in [-0.05, 0) is 54.8 Å². The molecule has 0 saturated carbocycles. The lowest BCUT2D eigenvalue weighted by Gasteiger charge is -2.39. The summed E-state index contributed by atoms with van der Waals surface area (Å²) in [6, 6.07) is 13.0. The monoisotopic (exact) mass is 457 g/mol. The van der Waals surface area contributed by atoms with Crippen LogP contribution in [0.4, 0.5) is 4.39 Å². The Morgan fingerprint density at radius 2 is 1.77 bits per heavy atom. The van der Waals surface area contributed by atoms with Gasteiger partial charge in [-0.1, -0.05) is 23.7 Å². The minimum Gasteiger partial charge on any atom is -0.490 e. The summed E-state index contributed by atoms with van der Waals surface area (Å²) in [7, 11) is 0. The molecule has 1 fully saturated rings. The number of nitrogens with zero attached hydrogens (tertiary/aromatic N) is 1. The molecule has 0 bridgehead atoms. The number of hydrogen-bond acceptors (Lipinski definition) is 5. The maximum atomic E-state index is 13.0. The highest BCUT2D eigenvalue weighted by Crippen LogP contribution is 2.33. The van der Waals surface area contributed by atoms with Crippen LogP contribution in [0.25, 0.3) is 0 Å². The van der Waals surface area contributed by atoms with Crippen LogP contribution in [0.3, 0.4) is 0 Å². The second-order valence-corrected chi connectivity index (χ2v) is 7.77. The van der Waals surface area contributed by atoms with Gasteiger partial charge >= 0.3 is 5.97 Å². The van der Waals surface area contributed by atoms with E-state index in [0.717, 1.165) is 5.56 Å². The molecule has 0 amide bonds. The number of rotatable bonds is 7. The molecule has 1 unspecified atom stereocenters. The molecule has 1 aliphatic heterocycles. The van der Waals surface area contributed by atoms with Crippen LogP contribution in [-0.2, 0) is 15.1 Å². The van der Waals surface area contributed by atoms with Crippen LogP contribution in [0, 0.1) is 5.82 Å². The molecule has 0 aliphatic carbocycles. The highest BCUT2D eigenvalue weighted by Gasteiger charge is 2.34. The average molecular weight is 458 g/mol. The number of aliphatic hydroxyl groups is 1. The van der Waals surface area contributed by atoms with E-state index in [1.807, 2.05) is 12.1 Å². The van der Waals surface area contributed by atoms with Crippen LogP contribution in [0.5, 0.6) is 5.75 Å². The Morgan fingerprint density at radius 1 is 1.17 bits per heavy atom. The van der Waals surface area contributed by atoms with Crippen molar-refractivity contribution in [3.05, 3.63) is 64.9 Å². The SMILES string of the molecule is CC(=O)OC(COc1ccc(F)cc1)CN1CCC(O)(c2ccc(Cl)cc2)CC1.Cl. The number of benzene rings is 2. The van der Waals surface area contributed by atoms with Crippen LogP contribution >= 0.6 is 24.0 Å². The fourth-order valence-corrected chi connectivity index (χ4v) is 3.65. The first-order chi connectivity index (χ1) is 13.8. The number of hydrogen-bond donors (Lipinski definition) is 1. The molecule has 1 N–H and O–H groups in total. The standard InChI is InChI=1S/C22H25ClFNO4.ClH/c1-16(26)29-21(15-28-20-8-6-19(24)7-9-20)14-25-12-10-22(27,11-13-25)17-2-4-18(23)5-3-17;/h2-9,21,27H,10-15H2,1H3;1H. The molecule has 0 spiro atoms. The molecule has 1 heterocycles. The van der Waals surface area contributed by atoms with Crippen LogP contribution in [0.2, 0.25) is 5.02 Å². The number of carbonyl (C=O) groups is 1. The predicted octanol–water partition coefficient (Wildman–Crippen LogP) is 4.20. The summed E-state index contributed by atoms with van der Waals surface area (Å²) in [5.41, 5.74) is -0.0273. The molecule has 30 heavy (non-hydrogen) atoms. The summed E-state index contributed by atoms with van der Waals surface area (Å²) in [4.78, 5) is 13.6. The van der Waals surface area contributed by atoms with Gasteiger partial charge in [0, 0.05) is 31.6 Å². The third-order valence-corrected chi connectivity index (χ3v) is 5.36. The van der Waals surface area contributed by atoms with Gasteiger partial charge in [-0.15, -0.1) is 12.4 Å². The fraction of sp³-hybridized carbons (Fsp3) is 0.409. The average Bonchev–Trinajstić information content (AvgIpc) is 2.69. The number of halogens is 3. The summed E-state index contributed by atoms with van der Waals surface area (Å²) in [6.07, 6.45) is 0.680. The fourth-order valence-electron chi connectivity index (χ4n) is 3.52. The Bertz CT molecular complexity index is 809. The third kappa shape index (κ3) is 6.84. The van der Waals surface area contributed by atoms with Crippen molar-refractivity contribution in [2.75, 3.05) is 26.2 Å². The molecule has 2 aromatic carbocycles. The van der Waals surface area contributed by atoms with Gasteiger partial charge in [0.1, 0.15) is 24.3 Å². The normalized spacial score (nSPS) is 16.9. The van der Waals surface area contributed by atoms with Crippen molar-refractivity contribution in [2.24, 2.45) is 0 Å². The molecule has 5 nitrogen and oxygen atoms in total. The number of likely N-dealkylation sites (tertiary alicyclic amines) is 1. The van der Waals surface area contributed by atoms with Crippen LogP contribution < -0.4 is 4.74 Å². The molecule has 1 atom stereocenters. The summed E-state index contributed by atoms with van der Waals surface area (Å²) >= 11 is 5.94. The van der Waals surface area contributed by atoms with Crippen LogP contribution in [-0.4, -0.2) is 48.3 Å². The predicted molar refractivity (Wildman–Crippen MR) is 116 cm³/mol. The molecule has 8 heteroatoms. The second-order valence-electron chi connectivity index (χ2n) is 7.34. The van der Waals surface area contributed by atoms with E-state index in [9.17, 15) is 14.3 Å². The van der Waals surface area contributed by atoms with E-state index in [4.69, 9.17) is 21.1 Å². The zero-order chi connectivity index (χ0) is 20.9. The zero-order valence-corrected chi connectivity index (χ0v) is 18.3. The smallest absolute Gasteiger partial charge is 0.303 e. The summed E-state index contributed by atoms with van der Waals surface area (Å²) in [6.45, 7) is 3.35. The first kappa shape index (κ1) is 24.4. The first-order valence-electron chi connectivity index (χ1n) is 9.60. The van der Waals surface area contributed by atoms with E-state index in [-0.39, 0.29) is 30.8 Å². The highest BCUT2D eigenvalue weighted by molar-refractivity contribution is 6.30. The molecule has 0 aromatic heterocycles. The first-order valence-corrected chi connectivity index (χ1v) is 9.98. The number of esters is 1. The lowest BCUT2D eigenvalue weighted by Crippen LogP contribution is -2.46. The number of carbonyl (C=O) groups excluding carboxylic acids is 1. The van der Waals surface area contributed by atoms with Crippen LogP contribution in [0.1, 0.15) is 25.3 Å². The van der Waals surface area contributed by atoms with Crippen molar-refractivity contribution in [3.63, 3.8) is 0 Å². The Morgan fingerprint density at radius 3 is 2.33 bits per heavy atom. The van der Waals surface area contributed by atoms with Gasteiger partial charge in [0.2, 0.25) is 0 Å². The van der Waals surface area contributed by atoms with Gasteiger partial charge in [-0.25, -0.2) is 4.39 Å². The highest BCUT2D eigenvalue weighted by atomic mass is 35.5. The Balaban J connectivity index is 0.00000320. The van der Waals surface area contributed by atoms with Crippen molar-refractivity contribution >= 4 is 30.0 Å². The van der Waals surface area contributed by atoms with Gasteiger partial charge in [0.25, 0.3) is 0 Å². The van der Waals surface area contributed by atoms with Gasteiger partial charge in [0.05, 0.1) is 5.60 Å². The van der Waals surface area contributed by atoms with Crippen molar-refractivity contribution in [2.45, 2.75) is 31.5 Å². The van der Waals surface area contributed by atoms with Crippen molar-refractivity contribution < 1.29 is 23.8 Å². The molecule has 1 aliphatic rings. The Hall–Kier alpha value is -1.86. The maximum absolute atomic E-state index is 13.0. The molecule has 2 aromatic rings. The van der Waals surface area contributed by atoms with E-state index in [2.05, 4.69) is 4.90 Å². The lowest BCUT2D eigenvalue weighted by atomic mass is 9.84. The van der Waals surface area contributed by atoms with Crippen LogP contribution in [0.15, 0.2) is 48.5 Å². The quantitative estimate of drug-likeness (QED) is 0.631. The maximum Gasteiger partial charge on any atom is 0.303 e. The van der Waals surface area contributed by atoms with E-state index in [1.165, 1.54) is 31.2 Å². The lowest BCUT2D eigenvalue weighted by molar-refractivity contribution is -0.149. The van der Waals surface area contributed by atoms with E-state index < -0.39 is 11.7 Å². The van der Waals surface area contributed by atoms with Crippen molar-refractivity contribution in [1.29, 1.82) is 0 Å². The van der Waals surface area contributed by atoms with Gasteiger partial charge in [-0.2, -0.15) is 0 Å². The molecule has 1 saturated heterocycles. The third-order valence-electron chi connectivity index (χ3n) is 5.11. The Labute approximate surface area is 187 Å². The Kier molecular flexibility index (Phi) is 8.92. The second kappa shape index (κ2) is 11.0. The molecule has 164 valence electrons. The van der Waals surface area contributed by atoms with E-state index >= 15 is 0 Å². The number of piperidine rings is 1. The molecular weight excluding hydrogens is 432 g/mol. The largest absolute Gasteiger partial charge is 0.490 e. The van der Waals surface area contributed by atoms with Crippen molar-refractivity contribution in [3.8, 4) is 5.75 Å². The zero-order valence-electron chi connectivity index (χ0n) is 16.7. The van der Waals surface area contributed by atoms with E-state index in [1.54, 1.807) is 12.1 Å². The minimum atomic E-state index is -0.886. The van der Waals surface area contributed by atoms with E-state index in [0.29, 0.717) is 43.2 Å². The summed E-state index contributed by atoms with van der Waals surface area (Å²) in [5, 5.41) is 11.6. The molecular formula is C22H26Cl2FNO4.